The van der Waals surface area contributed by atoms with Crippen LogP contribution >= 0.6 is 0 Å². The summed E-state index contributed by atoms with van der Waals surface area (Å²) in [5.74, 6) is 1.85. The Hall–Kier alpha value is -0.820. The summed E-state index contributed by atoms with van der Waals surface area (Å²) in [5, 5.41) is 3.81. The fraction of sp³-hybridized carbons (Fsp3) is 0.600. The van der Waals surface area contributed by atoms with E-state index in [1.165, 1.54) is 31.2 Å². The van der Waals surface area contributed by atoms with Gasteiger partial charge >= 0.3 is 0 Å². The van der Waals surface area contributed by atoms with Gasteiger partial charge in [0.25, 0.3) is 0 Å². The van der Waals surface area contributed by atoms with Crippen molar-refractivity contribution in [2.75, 3.05) is 6.54 Å². The Morgan fingerprint density at radius 3 is 2.62 bits per heavy atom. The second kappa shape index (κ2) is 3.89. The molecular formula is C15H21N. The molecule has 1 heteroatoms. The Bertz CT molecular complexity index is 359. The molecule has 3 unspecified atom stereocenters. The molecule has 1 aromatic carbocycles. The fourth-order valence-electron chi connectivity index (χ4n) is 4.05. The van der Waals surface area contributed by atoms with Crippen LogP contribution in [0.25, 0.3) is 0 Å². The average molecular weight is 215 g/mol. The molecule has 0 aromatic heterocycles. The molecule has 16 heavy (non-hydrogen) atoms. The van der Waals surface area contributed by atoms with Gasteiger partial charge in [0.15, 0.2) is 0 Å². The lowest BCUT2D eigenvalue weighted by atomic mass is 9.75. The van der Waals surface area contributed by atoms with Gasteiger partial charge < -0.3 is 5.32 Å². The van der Waals surface area contributed by atoms with Crippen LogP contribution in [0, 0.1) is 11.8 Å². The lowest BCUT2D eigenvalue weighted by molar-refractivity contribution is 0.214. The molecule has 86 valence electrons. The summed E-state index contributed by atoms with van der Waals surface area (Å²) in [6, 6.07) is 11.1. The summed E-state index contributed by atoms with van der Waals surface area (Å²) >= 11 is 0. The highest BCUT2D eigenvalue weighted by molar-refractivity contribution is 5.28. The van der Waals surface area contributed by atoms with Crippen molar-refractivity contribution in [3.8, 4) is 0 Å². The molecule has 0 aliphatic heterocycles. The van der Waals surface area contributed by atoms with Crippen LogP contribution in [0.1, 0.15) is 38.2 Å². The number of nitrogens with one attached hydrogen (secondary N) is 1. The van der Waals surface area contributed by atoms with Gasteiger partial charge in [-0.3, -0.25) is 0 Å². The van der Waals surface area contributed by atoms with Crippen LogP contribution in [-0.2, 0) is 5.54 Å². The van der Waals surface area contributed by atoms with Crippen LogP contribution in [0.2, 0.25) is 0 Å². The third-order valence-corrected chi connectivity index (χ3v) is 4.63. The maximum atomic E-state index is 3.81. The van der Waals surface area contributed by atoms with E-state index in [1.807, 2.05) is 0 Å². The van der Waals surface area contributed by atoms with Gasteiger partial charge in [0.2, 0.25) is 0 Å². The standard InChI is InChI=1S/C15H21N/c1-2-16-15(13-6-4-3-5-7-13)11-12-8-9-14(15)10-12/h3-7,12,14,16H,2,8-11H2,1H3. The van der Waals surface area contributed by atoms with Crippen molar-refractivity contribution in [1.82, 2.24) is 5.32 Å². The van der Waals surface area contributed by atoms with E-state index in [1.54, 1.807) is 0 Å². The Morgan fingerprint density at radius 1 is 1.25 bits per heavy atom. The van der Waals surface area contributed by atoms with Crippen molar-refractivity contribution in [3.63, 3.8) is 0 Å². The van der Waals surface area contributed by atoms with E-state index in [9.17, 15) is 0 Å². The SMILES string of the molecule is CCNC1(c2ccccc2)CC2CCC1C2. The molecule has 2 aliphatic rings. The highest BCUT2D eigenvalue weighted by Gasteiger charge is 2.51. The molecule has 0 radical (unpaired) electrons. The molecule has 0 amide bonds. The van der Waals surface area contributed by atoms with Gasteiger partial charge in [0, 0.05) is 5.54 Å². The Balaban J connectivity index is 1.98. The van der Waals surface area contributed by atoms with E-state index < -0.39 is 0 Å². The lowest BCUT2D eigenvalue weighted by Crippen LogP contribution is -2.46. The van der Waals surface area contributed by atoms with Crippen molar-refractivity contribution >= 4 is 0 Å². The molecule has 1 N–H and O–H groups in total. The van der Waals surface area contributed by atoms with E-state index in [2.05, 4.69) is 42.6 Å². The zero-order valence-corrected chi connectivity index (χ0v) is 10.1. The molecule has 2 aliphatic carbocycles. The van der Waals surface area contributed by atoms with Crippen molar-refractivity contribution in [2.24, 2.45) is 11.8 Å². The van der Waals surface area contributed by atoms with Crippen LogP contribution in [0.15, 0.2) is 30.3 Å². The van der Waals surface area contributed by atoms with Gasteiger partial charge in [0.05, 0.1) is 0 Å². The van der Waals surface area contributed by atoms with Gasteiger partial charge in [-0.15, -0.1) is 0 Å². The van der Waals surface area contributed by atoms with E-state index in [0.29, 0.717) is 5.54 Å². The molecule has 0 spiro atoms. The normalized spacial score (nSPS) is 36.8. The quantitative estimate of drug-likeness (QED) is 0.815. The van der Waals surface area contributed by atoms with Crippen LogP contribution in [0.5, 0.6) is 0 Å². The van der Waals surface area contributed by atoms with E-state index in [-0.39, 0.29) is 0 Å². The summed E-state index contributed by atoms with van der Waals surface area (Å²) < 4.78 is 0. The van der Waals surface area contributed by atoms with Crippen molar-refractivity contribution in [2.45, 2.75) is 38.1 Å². The minimum atomic E-state index is 0.304. The number of rotatable bonds is 3. The topological polar surface area (TPSA) is 12.0 Å². The third kappa shape index (κ3) is 1.41. The van der Waals surface area contributed by atoms with Gasteiger partial charge in [-0.2, -0.15) is 0 Å². The van der Waals surface area contributed by atoms with Gasteiger partial charge in [-0.05, 0) is 43.2 Å². The summed E-state index contributed by atoms with van der Waals surface area (Å²) in [7, 11) is 0. The summed E-state index contributed by atoms with van der Waals surface area (Å²) in [4.78, 5) is 0. The van der Waals surface area contributed by atoms with Crippen molar-refractivity contribution < 1.29 is 0 Å². The van der Waals surface area contributed by atoms with Crippen LogP contribution in [-0.4, -0.2) is 6.54 Å². The van der Waals surface area contributed by atoms with Crippen molar-refractivity contribution in [1.29, 1.82) is 0 Å². The second-order valence-electron chi connectivity index (χ2n) is 5.45. The molecule has 2 fully saturated rings. The molecular weight excluding hydrogens is 194 g/mol. The highest BCUT2D eigenvalue weighted by Crippen LogP contribution is 2.55. The minimum absolute atomic E-state index is 0.304. The minimum Gasteiger partial charge on any atom is -0.307 e. The lowest BCUT2D eigenvalue weighted by Gasteiger charge is -2.39. The highest BCUT2D eigenvalue weighted by atomic mass is 15.0. The third-order valence-electron chi connectivity index (χ3n) is 4.63. The maximum absolute atomic E-state index is 3.81. The number of hydrogen-bond acceptors (Lipinski definition) is 1. The van der Waals surface area contributed by atoms with Crippen molar-refractivity contribution in [3.05, 3.63) is 35.9 Å². The second-order valence-corrected chi connectivity index (χ2v) is 5.45. The molecule has 0 heterocycles. The molecule has 3 atom stereocenters. The van der Waals surface area contributed by atoms with Crippen LogP contribution < -0.4 is 5.32 Å². The molecule has 1 nitrogen and oxygen atoms in total. The van der Waals surface area contributed by atoms with Crippen LogP contribution in [0.4, 0.5) is 0 Å². The average Bonchev–Trinajstić information content (AvgIpc) is 2.91. The first-order valence-corrected chi connectivity index (χ1v) is 6.65. The fourth-order valence-corrected chi connectivity index (χ4v) is 4.05. The smallest absolute Gasteiger partial charge is 0.0465 e. The summed E-state index contributed by atoms with van der Waals surface area (Å²) in [6.07, 6.45) is 5.69. The number of benzene rings is 1. The maximum Gasteiger partial charge on any atom is 0.0465 e. The molecule has 2 saturated carbocycles. The monoisotopic (exact) mass is 215 g/mol. The number of fused-ring (bicyclic) bond motifs is 2. The predicted octanol–water partition coefficient (Wildman–Crippen LogP) is 3.31. The zero-order chi connectivity index (χ0) is 11.0. The van der Waals surface area contributed by atoms with E-state index in [4.69, 9.17) is 0 Å². The Kier molecular flexibility index (Phi) is 2.51. The number of hydrogen-bond donors (Lipinski definition) is 1. The summed E-state index contributed by atoms with van der Waals surface area (Å²) in [5.41, 5.74) is 1.82. The Labute approximate surface area is 98.3 Å². The first kappa shape index (κ1) is 10.3. The zero-order valence-electron chi connectivity index (χ0n) is 10.1. The van der Waals surface area contributed by atoms with Crippen LogP contribution in [0.3, 0.4) is 0 Å². The summed E-state index contributed by atoms with van der Waals surface area (Å²) in [6.45, 7) is 3.31. The Morgan fingerprint density at radius 2 is 2.06 bits per heavy atom. The predicted molar refractivity (Wildman–Crippen MR) is 67.2 cm³/mol. The molecule has 1 aromatic rings. The first-order chi connectivity index (χ1) is 7.85. The van der Waals surface area contributed by atoms with Gasteiger partial charge in [-0.25, -0.2) is 0 Å². The van der Waals surface area contributed by atoms with E-state index >= 15 is 0 Å². The van der Waals surface area contributed by atoms with Gasteiger partial charge in [-0.1, -0.05) is 43.7 Å². The van der Waals surface area contributed by atoms with Gasteiger partial charge in [0.1, 0.15) is 0 Å². The largest absolute Gasteiger partial charge is 0.307 e. The molecule has 0 saturated heterocycles. The van der Waals surface area contributed by atoms with E-state index in [0.717, 1.165) is 18.4 Å². The first-order valence-electron chi connectivity index (χ1n) is 6.65. The molecule has 2 bridgehead atoms. The molecule has 3 rings (SSSR count).